The molecule has 0 saturated heterocycles. The van der Waals surface area contributed by atoms with Gasteiger partial charge in [0.05, 0.1) is 18.0 Å². The highest BCUT2D eigenvalue weighted by molar-refractivity contribution is 5.95. The van der Waals surface area contributed by atoms with E-state index in [-0.39, 0.29) is 13.0 Å². The van der Waals surface area contributed by atoms with E-state index in [9.17, 15) is 22.8 Å². The Hall–Kier alpha value is -3.03. The van der Waals surface area contributed by atoms with Crippen LogP contribution in [0.2, 0.25) is 0 Å². The average Bonchev–Trinajstić information content (AvgIpc) is 2.63. The van der Waals surface area contributed by atoms with Gasteiger partial charge in [0.25, 0.3) is 0 Å². The van der Waals surface area contributed by atoms with Crippen molar-refractivity contribution in [3.8, 4) is 5.75 Å². The van der Waals surface area contributed by atoms with Gasteiger partial charge in [0.2, 0.25) is 11.8 Å². The van der Waals surface area contributed by atoms with Crippen LogP contribution in [0, 0.1) is 17.5 Å². The van der Waals surface area contributed by atoms with Gasteiger partial charge in [-0.05, 0) is 31.2 Å². The monoisotopic (exact) mass is 380 g/mol. The van der Waals surface area contributed by atoms with Gasteiger partial charge in [-0.15, -0.1) is 0 Å². The van der Waals surface area contributed by atoms with Crippen molar-refractivity contribution in [3.63, 3.8) is 0 Å². The van der Waals surface area contributed by atoms with Gasteiger partial charge in [-0.25, -0.2) is 13.2 Å². The molecule has 0 atom stereocenters. The fourth-order valence-corrected chi connectivity index (χ4v) is 2.45. The molecule has 0 aliphatic heterocycles. The summed E-state index contributed by atoms with van der Waals surface area (Å²) < 4.78 is 45.9. The number of anilines is 2. The lowest BCUT2D eigenvalue weighted by molar-refractivity contribution is -0.117. The maximum atomic E-state index is 14.0. The Bertz CT molecular complexity index is 843. The number of hydrogen-bond donors (Lipinski definition) is 1. The number of nitrogens with zero attached hydrogens (tertiary/aromatic N) is 1. The second kappa shape index (κ2) is 9.07. The zero-order chi connectivity index (χ0) is 20.0. The van der Waals surface area contributed by atoms with Gasteiger partial charge < -0.3 is 15.0 Å². The first-order chi connectivity index (χ1) is 12.8. The summed E-state index contributed by atoms with van der Waals surface area (Å²) in [7, 11) is 0. The van der Waals surface area contributed by atoms with Crippen LogP contribution in [0.4, 0.5) is 24.5 Å². The Morgan fingerprint density at radius 1 is 1.07 bits per heavy atom. The predicted octanol–water partition coefficient (Wildman–Crippen LogP) is 3.88. The maximum absolute atomic E-state index is 14.0. The molecule has 144 valence electrons. The molecule has 0 aliphatic carbocycles. The largest absolute Gasteiger partial charge is 0.492 e. The highest BCUT2D eigenvalue weighted by atomic mass is 19.2. The Balaban J connectivity index is 2.10. The van der Waals surface area contributed by atoms with E-state index in [2.05, 4.69) is 5.32 Å². The minimum absolute atomic E-state index is 0.182. The topological polar surface area (TPSA) is 58.6 Å². The van der Waals surface area contributed by atoms with Crippen molar-refractivity contribution in [2.24, 2.45) is 0 Å². The third-order valence-electron chi connectivity index (χ3n) is 3.71. The van der Waals surface area contributed by atoms with E-state index in [1.165, 1.54) is 0 Å². The highest BCUT2D eigenvalue weighted by Crippen LogP contribution is 2.25. The number of benzene rings is 2. The molecule has 0 aromatic heterocycles. The van der Waals surface area contributed by atoms with Crippen molar-refractivity contribution in [1.82, 2.24) is 0 Å². The zero-order valence-electron chi connectivity index (χ0n) is 14.9. The van der Waals surface area contributed by atoms with E-state index < -0.39 is 35.0 Å². The van der Waals surface area contributed by atoms with E-state index in [1.54, 1.807) is 31.2 Å². The van der Waals surface area contributed by atoms with Crippen LogP contribution in [0.3, 0.4) is 0 Å². The van der Waals surface area contributed by atoms with Crippen LogP contribution in [-0.2, 0) is 9.59 Å². The second-order valence-electron chi connectivity index (χ2n) is 5.59. The highest BCUT2D eigenvalue weighted by Gasteiger charge is 2.21. The van der Waals surface area contributed by atoms with Gasteiger partial charge in [-0.3, -0.25) is 9.59 Å². The molecule has 2 aromatic rings. The van der Waals surface area contributed by atoms with Crippen molar-refractivity contribution in [3.05, 3.63) is 53.8 Å². The lowest BCUT2D eigenvalue weighted by atomic mass is 10.2. The summed E-state index contributed by atoms with van der Waals surface area (Å²) in [6, 6.07) is 8.50. The summed E-state index contributed by atoms with van der Waals surface area (Å²) in [5.41, 5.74) is 0.0293. The molecule has 8 heteroatoms. The Kier molecular flexibility index (Phi) is 6.81. The zero-order valence-corrected chi connectivity index (χ0v) is 14.9. The van der Waals surface area contributed by atoms with Crippen molar-refractivity contribution in [2.45, 2.75) is 20.3 Å². The summed E-state index contributed by atoms with van der Waals surface area (Å²) in [4.78, 5) is 24.9. The quantitative estimate of drug-likeness (QED) is 0.742. The van der Waals surface area contributed by atoms with Crippen LogP contribution < -0.4 is 15.0 Å². The van der Waals surface area contributed by atoms with Crippen LogP contribution in [-0.4, -0.2) is 25.0 Å². The SMILES string of the molecule is CCOc1ccccc1NC(=O)CCN(C(C)=O)c1ccc(F)c(F)c1F. The molecule has 2 rings (SSSR count). The number of amides is 2. The molecule has 0 saturated carbocycles. The van der Waals surface area contributed by atoms with Crippen molar-refractivity contribution in [1.29, 1.82) is 0 Å². The normalized spacial score (nSPS) is 10.4. The third kappa shape index (κ3) is 4.99. The summed E-state index contributed by atoms with van der Waals surface area (Å²) in [5.74, 6) is -5.08. The molecule has 1 N–H and O–H groups in total. The number of nitrogens with one attached hydrogen (secondary N) is 1. The second-order valence-corrected chi connectivity index (χ2v) is 5.59. The Morgan fingerprint density at radius 3 is 2.44 bits per heavy atom. The molecule has 27 heavy (non-hydrogen) atoms. The van der Waals surface area contributed by atoms with E-state index in [1.807, 2.05) is 0 Å². The molecule has 0 fully saturated rings. The van der Waals surface area contributed by atoms with Gasteiger partial charge in [0, 0.05) is 19.9 Å². The minimum Gasteiger partial charge on any atom is -0.492 e. The van der Waals surface area contributed by atoms with Crippen LogP contribution in [0.15, 0.2) is 36.4 Å². The first kappa shape index (κ1) is 20.3. The number of hydrogen-bond acceptors (Lipinski definition) is 3. The average molecular weight is 380 g/mol. The van der Waals surface area contributed by atoms with E-state index in [0.29, 0.717) is 18.0 Å². The smallest absolute Gasteiger partial charge is 0.226 e. The van der Waals surface area contributed by atoms with E-state index in [0.717, 1.165) is 24.0 Å². The Labute approximate surface area is 154 Å². The van der Waals surface area contributed by atoms with Crippen molar-refractivity contribution < 1.29 is 27.5 Å². The van der Waals surface area contributed by atoms with Crippen LogP contribution in [0.5, 0.6) is 5.75 Å². The van der Waals surface area contributed by atoms with Crippen molar-refractivity contribution >= 4 is 23.2 Å². The summed E-state index contributed by atoms with van der Waals surface area (Å²) >= 11 is 0. The van der Waals surface area contributed by atoms with Crippen LogP contribution in [0.25, 0.3) is 0 Å². The number of ether oxygens (including phenoxy) is 1. The molecule has 0 unspecified atom stereocenters. The number of halogens is 3. The molecule has 2 aromatic carbocycles. The van der Waals surface area contributed by atoms with E-state index >= 15 is 0 Å². The predicted molar refractivity (Wildman–Crippen MR) is 95.2 cm³/mol. The first-order valence-electron chi connectivity index (χ1n) is 8.28. The van der Waals surface area contributed by atoms with Crippen molar-refractivity contribution in [2.75, 3.05) is 23.4 Å². The van der Waals surface area contributed by atoms with E-state index in [4.69, 9.17) is 4.74 Å². The molecule has 2 amide bonds. The molecule has 5 nitrogen and oxygen atoms in total. The van der Waals surface area contributed by atoms with Gasteiger partial charge in [0.1, 0.15) is 5.75 Å². The standard InChI is InChI=1S/C19H19F3N2O3/c1-3-27-16-7-5-4-6-14(16)23-17(26)10-11-24(12(2)25)15-9-8-13(20)18(21)19(15)22/h4-9H,3,10-11H2,1-2H3,(H,23,26). The van der Waals surface area contributed by atoms with Gasteiger partial charge in [0.15, 0.2) is 17.5 Å². The number of rotatable bonds is 7. The number of carbonyl (C=O) groups excluding carboxylic acids is 2. The van der Waals surface area contributed by atoms with Crippen LogP contribution >= 0.6 is 0 Å². The molecule has 0 radical (unpaired) electrons. The molecule has 0 bridgehead atoms. The van der Waals surface area contributed by atoms with Gasteiger partial charge in [-0.1, -0.05) is 12.1 Å². The minimum atomic E-state index is -1.67. The molecular weight excluding hydrogens is 361 g/mol. The van der Waals surface area contributed by atoms with Gasteiger partial charge in [-0.2, -0.15) is 0 Å². The third-order valence-corrected chi connectivity index (χ3v) is 3.71. The first-order valence-corrected chi connectivity index (χ1v) is 8.28. The molecule has 0 heterocycles. The lowest BCUT2D eigenvalue weighted by Gasteiger charge is -2.22. The summed E-state index contributed by atoms with van der Waals surface area (Å²) in [6.45, 7) is 3.16. The maximum Gasteiger partial charge on any atom is 0.226 e. The molecular formula is C19H19F3N2O3. The number of carbonyl (C=O) groups is 2. The van der Waals surface area contributed by atoms with Crippen LogP contribution in [0.1, 0.15) is 20.3 Å². The lowest BCUT2D eigenvalue weighted by Crippen LogP contribution is -2.33. The molecule has 0 aliphatic rings. The molecule has 0 spiro atoms. The number of para-hydroxylation sites is 2. The Morgan fingerprint density at radius 2 is 1.78 bits per heavy atom. The van der Waals surface area contributed by atoms with Gasteiger partial charge >= 0.3 is 0 Å². The summed E-state index contributed by atoms with van der Waals surface area (Å²) in [5, 5.41) is 2.65. The summed E-state index contributed by atoms with van der Waals surface area (Å²) in [6.07, 6.45) is -0.182. The fourth-order valence-electron chi connectivity index (χ4n) is 2.45. The fraction of sp³-hybridized carbons (Fsp3) is 0.263.